The van der Waals surface area contributed by atoms with E-state index in [1.807, 2.05) is 56.3 Å². The molecule has 2 rings (SSSR count). The van der Waals surface area contributed by atoms with E-state index >= 15 is 0 Å². The maximum Gasteiger partial charge on any atom is 0.407 e. The molecule has 9 nitrogen and oxygen atoms in total. The summed E-state index contributed by atoms with van der Waals surface area (Å²) in [6, 6.07) is 17.9. The molecule has 0 saturated heterocycles. The van der Waals surface area contributed by atoms with Crippen LogP contribution in [0.5, 0.6) is 5.75 Å². The SMILES string of the molecule is CCCCC[C@H](C)C(=O)NCCCN(CCCNC(=O)[C@@H](C)CCCCC)CCOc1ccc(CCCCNC(=O)OCc2ccccc2)cc1. The minimum atomic E-state index is -0.386. The van der Waals surface area contributed by atoms with Crippen LogP contribution >= 0.6 is 0 Å². The summed E-state index contributed by atoms with van der Waals surface area (Å²) < 4.78 is 11.4. The Kier molecular flexibility index (Phi) is 24.0. The minimum absolute atomic E-state index is 0.0542. The van der Waals surface area contributed by atoms with Gasteiger partial charge in [-0.05, 0) is 81.3 Å². The summed E-state index contributed by atoms with van der Waals surface area (Å²) in [5, 5.41) is 9.08. The third kappa shape index (κ3) is 21.4. The molecule has 2 atom stereocenters. The van der Waals surface area contributed by atoms with Gasteiger partial charge in [0, 0.05) is 38.0 Å². The number of benzene rings is 2. The van der Waals surface area contributed by atoms with Crippen molar-refractivity contribution in [1.82, 2.24) is 20.9 Å². The molecule has 286 valence electrons. The standard InChI is InChI=1S/C42H68N4O5/c1-5-7-10-18-35(3)40(47)43-28-16-30-46(31-17-29-44-41(48)36(4)19-11-8-6-2)32-33-50-39-25-23-37(24-26-39)20-14-15-27-45-42(49)51-34-38-21-12-9-13-22-38/h9,12-13,21-26,35-36H,5-8,10-11,14-20,27-34H2,1-4H3,(H,43,47)(H,44,48)(H,45,49)/t35-,36-/m0/s1. The summed E-state index contributed by atoms with van der Waals surface area (Å²) in [4.78, 5) is 39.3. The topological polar surface area (TPSA) is 109 Å². The van der Waals surface area contributed by atoms with E-state index in [1.165, 1.54) is 18.4 Å². The van der Waals surface area contributed by atoms with Crippen LogP contribution in [0.2, 0.25) is 0 Å². The monoisotopic (exact) mass is 709 g/mol. The normalized spacial score (nSPS) is 12.3. The van der Waals surface area contributed by atoms with Gasteiger partial charge >= 0.3 is 6.09 Å². The van der Waals surface area contributed by atoms with Gasteiger partial charge in [0.05, 0.1) is 0 Å². The second kappa shape index (κ2) is 28.1. The Labute approximate surface area is 309 Å². The Morgan fingerprint density at radius 3 is 1.76 bits per heavy atom. The van der Waals surface area contributed by atoms with Crippen LogP contribution < -0.4 is 20.7 Å². The lowest BCUT2D eigenvalue weighted by molar-refractivity contribution is -0.125. The van der Waals surface area contributed by atoms with Crippen LogP contribution in [-0.2, 0) is 27.4 Å². The molecular formula is C42H68N4O5. The van der Waals surface area contributed by atoms with Crippen LogP contribution in [0.25, 0.3) is 0 Å². The summed E-state index contributed by atoms with van der Waals surface area (Å²) in [6.07, 6.45) is 12.9. The number of amides is 3. The number of rotatable bonds is 29. The van der Waals surface area contributed by atoms with Gasteiger partial charge in [-0.25, -0.2) is 4.79 Å². The van der Waals surface area contributed by atoms with Crippen molar-refractivity contribution < 1.29 is 23.9 Å². The number of hydrogen-bond acceptors (Lipinski definition) is 6. The van der Waals surface area contributed by atoms with Crippen LogP contribution in [-0.4, -0.2) is 68.7 Å². The Bertz CT molecular complexity index is 1160. The molecule has 0 bridgehead atoms. The average Bonchev–Trinajstić information content (AvgIpc) is 3.14. The van der Waals surface area contributed by atoms with Gasteiger partial charge in [0.1, 0.15) is 19.0 Å². The van der Waals surface area contributed by atoms with Crippen LogP contribution in [0.15, 0.2) is 54.6 Å². The molecule has 2 aromatic rings. The molecule has 0 aromatic heterocycles. The van der Waals surface area contributed by atoms with Crippen molar-refractivity contribution in [2.24, 2.45) is 11.8 Å². The molecule has 9 heteroatoms. The summed E-state index contributed by atoms with van der Waals surface area (Å²) >= 11 is 0. The van der Waals surface area contributed by atoms with E-state index in [9.17, 15) is 14.4 Å². The number of alkyl carbamates (subject to hydrolysis) is 1. The number of aryl methyl sites for hydroxylation is 1. The fourth-order valence-electron chi connectivity index (χ4n) is 5.84. The zero-order valence-corrected chi connectivity index (χ0v) is 32.2. The predicted molar refractivity (Wildman–Crippen MR) is 208 cm³/mol. The van der Waals surface area contributed by atoms with Gasteiger partial charge in [0.25, 0.3) is 0 Å². The van der Waals surface area contributed by atoms with Crippen LogP contribution in [0.4, 0.5) is 4.79 Å². The lowest BCUT2D eigenvalue weighted by Crippen LogP contribution is -2.36. The van der Waals surface area contributed by atoms with Gasteiger partial charge < -0.3 is 25.4 Å². The molecule has 0 radical (unpaired) electrons. The summed E-state index contributed by atoms with van der Waals surface area (Å²) in [5.74, 6) is 1.25. The summed E-state index contributed by atoms with van der Waals surface area (Å²) in [5.41, 5.74) is 2.21. The first-order valence-electron chi connectivity index (χ1n) is 19.8. The average molecular weight is 709 g/mol. The van der Waals surface area contributed by atoms with Gasteiger partial charge in [-0.15, -0.1) is 0 Å². The van der Waals surface area contributed by atoms with Crippen molar-refractivity contribution in [1.29, 1.82) is 0 Å². The van der Waals surface area contributed by atoms with E-state index in [1.54, 1.807) is 0 Å². The molecular weight excluding hydrogens is 640 g/mol. The number of nitrogens with zero attached hydrogens (tertiary/aromatic N) is 1. The highest BCUT2D eigenvalue weighted by atomic mass is 16.5. The largest absolute Gasteiger partial charge is 0.492 e. The van der Waals surface area contributed by atoms with E-state index in [0.717, 1.165) is 102 Å². The van der Waals surface area contributed by atoms with Crippen molar-refractivity contribution in [3.05, 3.63) is 65.7 Å². The molecule has 3 amide bonds. The molecule has 0 spiro atoms. The highest BCUT2D eigenvalue weighted by molar-refractivity contribution is 5.78. The Morgan fingerprint density at radius 1 is 0.627 bits per heavy atom. The van der Waals surface area contributed by atoms with Crippen LogP contribution in [0.1, 0.15) is 116 Å². The van der Waals surface area contributed by atoms with Gasteiger partial charge in [0.15, 0.2) is 0 Å². The number of unbranched alkanes of at least 4 members (excludes halogenated alkanes) is 5. The highest BCUT2D eigenvalue weighted by Crippen LogP contribution is 2.15. The fourth-order valence-corrected chi connectivity index (χ4v) is 5.84. The molecule has 0 aliphatic rings. The molecule has 0 aliphatic heterocycles. The number of ether oxygens (including phenoxy) is 2. The number of hydrogen-bond donors (Lipinski definition) is 3. The lowest BCUT2D eigenvalue weighted by Gasteiger charge is -2.23. The first kappa shape index (κ1) is 43.6. The summed E-state index contributed by atoms with van der Waals surface area (Å²) in [7, 11) is 0. The molecule has 2 aromatic carbocycles. The van der Waals surface area contributed by atoms with Crippen LogP contribution in [0.3, 0.4) is 0 Å². The van der Waals surface area contributed by atoms with E-state index in [4.69, 9.17) is 9.47 Å². The van der Waals surface area contributed by atoms with E-state index in [2.05, 4.69) is 46.8 Å². The van der Waals surface area contributed by atoms with Crippen molar-refractivity contribution in [3.63, 3.8) is 0 Å². The maximum absolute atomic E-state index is 12.5. The lowest BCUT2D eigenvalue weighted by atomic mass is 10.0. The third-order valence-corrected chi connectivity index (χ3v) is 9.25. The second-order valence-corrected chi connectivity index (χ2v) is 13.9. The molecule has 51 heavy (non-hydrogen) atoms. The predicted octanol–water partition coefficient (Wildman–Crippen LogP) is 8.06. The number of carbonyl (C=O) groups is 3. The fraction of sp³-hybridized carbons (Fsp3) is 0.643. The van der Waals surface area contributed by atoms with Crippen molar-refractivity contribution >= 4 is 17.9 Å². The first-order chi connectivity index (χ1) is 24.8. The molecule has 0 fully saturated rings. The molecule has 0 unspecified atom stereocenters. The van der Waals surface area contributed by atoms with Gasteiger partial charge in [-0.3, -0.25) is 14.5 Å². The smallest absolute Gasteiger partial charge is 0.407 e. The van der Waals surface area contributed by atoms with Crippen molar-refractivity contribution in [2.45, 2.75) is 118 Å². The van der Waals surface area contributed by atoms with E-state index in [0.29, 0.717) is 26.2 Å². The van der Waals surface area contributed by atoms with Crippen molar-refractivity contribution in [3.8, 4) is 5.75 Å². The van der Waals surface area contributed by atoms with Gasteiger partial charge in [-0.2, -0.15) is 0 Å². The number of nitrogens with one attached hydrogen (secondary N) is 3. The minimum Gasteiger partial charge on any atom is -0.492 e. The first-order valence-corrected chi connectivity index (χ1v) is 19.8. The molecule has 0 aliphatic carbocycles. The third-order valence-electron chi connectivity index (χ3n) is 9.25. The van der Waals surface area contributed by atoms with Gasteiger partial charge in [-0.1, -0.05) is 109 Å². The quantitative estimate of drug-likeness (QED) is 0.0738. The Balaban J connectivity index is 1.70. The van der Waals surface area contributed by atoms with Gasteiger partial charge in [0.2, 0.25) is 11.8 Å². The Morgan fingerprint density at radius 2 is 1.20 bits per heavy atom. The maximum atomic E-state index is 12.5. The molecule has 3 N–H and O–H groups in total. The summed E-state index contributed by atoms with van der Waals surface area (Å²) in [6.45, 7) is 13.6. The Hall–Kier alpha value is -3.59. The molecule has 0 saturated carbocycles. The highest BCUT2D eigenvalue weighted by Gasteiger charge is 2.14. The zero-order valence-electron chi connectivity index (χ0n) is 32.2. The van der Waals surface area contributed by atoms with Crippen LogP contribution in [0, 0.1) is 11.8 Å². The molecule has 0 heterocycles. The zero-order chi connectivity index (χ0) is 36.9. The van der Waals surface area contributed by atoms with E-state index in [-0.39, 0.29) is 36.4 Å². The van der Waals surface area contributed by atoms with E-state index < -0.39 is 0 Å². The van der Waals surface area contributed by atoms with Crippen molar-refractivity contribution in [2.75, 3.05) is 45.9 Å². The number of carbonyl (C=O) groups excluding carboxylic acids is 3. The second-order valence-electron chi connectivity index (χ2n) is 13.9.